The number of hydrogen-bond acceptors (Lipinski definition) is 14. The van der Waals surface area contributed by atoms with E-state index in [1.54, 1.807) is 0 Å². The van der Waals surface area contributed by atoms with Crippen molar-refractivity contribution in [3.63, 3.8) is 0 Å². The summed E-state index contributed by atoms with van der Waals surface area (Å²) in [6.45, 7) is -1.55. The summed E-state index contributed by atoms with van der Waals surface area (Å²) in [6, 6.07) is -2.91. The van der Waals surface area contributed by atoms with Gasteiger partial charge in [0.05, 0.1) is 0 Å². The maximum Gasteiger partial charge on any atom is 0.422 e. The predicted molar refractivity (Wildman–Crippen MR) is 91.2 cm³/mol. The number of hydrogen-bond donors (Lipinski definition) is 10. The third-order valence-corrected chi connectivity index (χ3v) is 5.82. The average Bonchev–Trinajstić information content (AvgIpc) is 3.02. The Labute approximate surface area is 173 Å². The zero-order valence-electron chi connectivity index (χ0n) is 15.1. The third-order valence-electron chi connectivity index (χ3n) is 4.92. The summed E-state index contributed by atoms with van der Waals surface area (Å²) < 4.78 is 72.1. The molecule has 1 fully saturated rings. The summed E-state index contributed by atoms with van der Waals surface area (Å²) in [6.07, 6.45) is -3.69. The number of ether oxygens (including phenoxy) is 1. The topological polar surface area (TPSA) is 301 Å². The Balaban J connectivity index is 1.99. The first kappa shape index (κ1) is 23.1. The Morgan fingerprint density at radius 1 is 1.32 bits per heavy atom. The van der Waals surface area contributed by atoms with Crippen LogP contribution in [0, 0.1) is 0 Å². The average molecular weight is 493 g/mol. The predicted octanol–water partition coefficient (Wildman–Crippen LogP) is -8.14. The van der Waals surface area contributed by atoms with Crippen LogP contribution in [0.25, 0.3) is 0 Å². The van der Waals surface area contributed by atoms with Gasteiger partial charge in [-0.1, -0.05) is 0 Å². The second-order valence-electron chi connectivity index (χ2n) is 6.72. The number of nitrogens with two attached hydrogens (primary N) is 2. The number of hydroxylamine groups is 2. The number of rotatable bonds is 5. The second-order valence-corrected chi connectivity index (χ2v) is 8.92. The highest BCUT2D eigenvalue weighted by Crippen LogP contribution is 2.40. The van der Waals surface area contributed by atoms with E-state index in [0.29, 0.717) is 5.06 Å². The van der Waals surface area contributed by atoms with Crippen LogP contribution in [0.2, 0.25) is 0 Å². The summed E-state index contributed by atoms with van der Waals surface area (Å²) >= 11 is 0. The van der Waals surface area contributed by atoms with E-state index in [0.717, 1.165) is 9.30 Å². The van der Waals surface area contributed by atoms with E-state index in [9.17, 15) is 37.1 Å². The maximum atomic E-state index is 11.5. The van der Waals surface area contributed by atoms with Gasteiger partial charge in [0.25, 0.3) is 11.4 Å². The molecule has 3 heterocycles. The lowest BCUT2D eigenvalue weighted by Crippen LogP contribution is -2.91. The van der Waals surface area contributed by atoms with E-state index in [4.69, 9.17) is 20.6 Å². The Morgan fingerprint density at radius 3 is 2.48 bits per heavy atom. The van der Waals surface area contributed by atoms with Gasteiger partial charge in [0.1, 0.15) is 13.2 Å². The maximum absolute atomic E-state index is 11.5. The first-order valence-electron chi connectivity index (χ1n) is 8.07. The van der Waals surface area contributed by atoms with Crippen molar-refractivity contribution in [3.05, 3.63) is 0 Å². The molecule has 3 rings (SSSR count). The van der Waals surface area contributed by atoms with Gasteiger partial charge in [-0.15, -0.1) is 5.06 Å². The molecule has 4 atom stereocenters. The fourth-order valence-corrected chi connectivity index (χ4v) is 4.58. The van der Waals surface area contributed by atoms with Crippen LogP contribution >= 0.6 is 0 Å². The van der Waals surface area contributed by atoms with Gasteiger partial charge in [-0.25, -0.2) is 24.1 Å². The number of carbonyl (C=O) groups is 1. The molecule has 176 valence electrons. The van der Waals surface area contributed by atoms with Crippen molar-refractivity contribution in [2.75, 3.05) is 13.2 Å². The molecular formula is C10H19N7O12S2+2. The fourth-order valence-electron chi connectivity index (χ4n) is 3.82. The fraction of sp³-hybridized carbons (Fsp3) is 0.700. The largest absolute Gasteiger partial charge is 0.445 e. The van der Waals surface area contributed by atoms with Crippen molar-refractivity contribution in [1.29, 1.82) is 0 Å². The minimum Gasteiger partial charge on any atom is -0.445 e. The van der Waals surface area contributed by atoms with E-state index in [1.165, 1.54) is 0 Å². The molecule has 0 aromatic carbocycles. The smallest absolute Gasteiger partial charge is 0.422 e. The van der Waals surface area contributed by atoms with Crippen LogP contribution in [0.15, 0.2) is 0 Å². The molecule has 0 aliphatic carbocycles. The summed E-state index contributed by atoms with van der Waals surface area (Å²) in [4.78, 5) is 14.0. The molecule has 1 amide bonds. The van der Waals surface area contributed by atoms with Gasteiger partial charge in [-0.3, -0.25) is 25.6 Å². The summed E-state index contributed by atoms with van der Waals surface area (Å²) in [5.74, 6) is -4.06. The Morgan fingerprint density at radius 2 is 1.94 bits per heavy atom. The molecule has 31 heavy (non-hydrogen) atoms. The van der Waals surface area contributed by atoms with Gasteiger partial charge in [0, 0.05) is 0 Å². The van der Waals surface area contributed by atoms with E-state index in [1.807, 2.05) is 0 Å². The molecule has 21 heteroatoms. The van der Waals surface area contributed by atoms with E-state index in [-0.39, 0.29) is 5.96 Å². The van der Waals surface area contributed by atoms with Crippen LogP contribution in [-0.2, 0) is 29.6 Å². The summed E-state index contributed by atoms with van der Waals surface area (Å²) in [7, 11) is -10.1. The summed E-state index contributed by atoms with van der Waals surface area (Å²) in [5, 5.41) is 34.8. The minimum atomic E-state index is -5.17. The van der Waals surface area contributed by atoms with Crippen LogP contribution < -0.4 is 26.5 Å². The normalized spacial score (nSPS) is 32.1. The number of aliphatic hydroxyl groups is 2. The molecule has 0 aromatic rings. The first-order valence-corrected chi connectivity index (χ1v) is 10.9. The molecule has 3 aliphatic rings. The lowest BCUT2D eigenvalue weighted by Gasteiger charge is -2.41. The van der Waals surface area contributed by atoms with E-state index < -0.39 is 75.5 Å². The van der Waals surface area contributed by atoms with Gasteiger partial charge >= 0.3 is 38.7 Å². The lowest BCUT2D eigenvalue weighted by molar-refractivity contribution is -0.684. The van der Waals surface area contributed by atoms with Crippen molar-refractivity contribution in [1.82, 2.24) is 15.1 Å². The quantitative estimate of drug-likeness (QED) is 0.0965. The number of nitrogens with zero attached hydrogens (tertiary/aromatic N) is 2. The highest BCUT2D eigenvalue weighted by Gasteiger charge is 2.80. The third kappa shape index (κ3) is 3.80. The standard InChI is InChI=1S/C10H17N7O12S2/c11-6-13-5-3(2-28-8(18)15-30(22,23)24)17(21)7(12)16-1-4(29-31(25,26)27)10(19,20)9(5,16)14-6/h3-5,12,19-21H,1-2H2,(H6,11,13,14,15,18,22,23,24,25,26,27)/p+2/t3-,4-,5-,9-/m0/s1. The number of nitrogens with one attached hydrogen (secondary N) is 3. The first-order chi connectivity index (χ1) is 14.0. The molecule has 0 unspecified atom stereocenters. The van der Waals surface area contributed by atoms with Gasteiger partial charge in [0.2, 0.25) is 0 Å². The summed E-state index contributed by atoms with van der Waals surface area (Å²) in [5.41, 5.74) is 9.29. The van der Waals surface area contributed by atoms with Crippen LogP contribution in [0.5, 0.6) is 0 Å². The van der Waals surface area contributed by atoms with Crippen LogP contribution in [0.4, 0.5) is 4.79 Å². The Bertz CT molecular complexity index is 1070. The monoisotopic (exact) mass is 493 g/mol. The molecule has 1 spiro atoms. The van der Waals surface area contributed by atoms with Crippen LogP contribution in [0.3, 0.4) is 0 Å². The minimum absolute atomic E-state index is 0.300. The van der Waals surface area contributed by atoms with Gasteiger partial charge in [-0.2, -0.15) is 21.6 Å². The van der Waals surface area contributed by atoms with Gasteiger partial charge in [-0.05, 0) is 0 Å². The number of carbonyl (C=O) groups excluding carboxylic acids is 1. The van der Waals surface area contributed by atoms with Crippen molar-refractivity contribution in [3.8, 4) is 0 Å². The molecule has 1 saturated heterocycles. The molecule has 0 saturated carbocycles. The molecular weight excluding hydrogens is 474 g/mol. The van der Waals surface area contributed by atoms with Crippen molar-refractivity contribution < 1.29 is 64.6 Å². The SMILES string of the molecule is NC1=[NH+][C@H]2[C@H](COC(=O)NS(=O)(=O)O)N(O)C(N)=[N+]3C[C@H](OS(=O)(=O)O)C(O)(O)[C@]23N1. The number of amides is 1. The van der Waals surface area contributed by atoms with E-state index >= 15 is 0 Å². The van der Waals surface area contributed by atoms with Crippen molar-refractivity contribution >= 4 is 38.7 Å². The van der Waals surface area contributed by atoms with Crippen LogP contribution in [-0.4, -0.2) is 112 Å². The molecule has 0 aromatic heterocycles. The molecule has 0 radical (unpaired) electrons. The highest BCUT2D eigenvalue weighted by atomic mass is 32.3. The van der Waals surface area contributed by atoms with Gasteiger partial charge in [0.15, 0.2) is 18.2 Å². The molecule has 3 aliphatic heterocycles. The highest BCUT2D eigenvalue weighted by molar-refractivity contribution is 7.84. The van der Waals surface area contributed by atoms with E-state index in [2.05, 4.69) is 19.2 Å². The van der Waals surface area contributed by atoms with Crippen molar-refractivity contribution in [2.45, 2.75) is 29.6 Å². The number of guanidine groups is 2. The van der Waals surface area contributed by atoms with Gasteiger partial charge < -0.3 is 14.9 Å². The lowest BCUT2D eigenvalue weighted by atomic mass is 9.86. The van der Waals surface area contributed by atoms with Crippen LogP contribution in [0.1, 0.15) is 0 Å². The Hall–Kier alpha value is -2.53. The second kappa shape index (κ2) is 6.99. The molecule has 0 bridgehead atoms. The Kier molecular flexibility index (Phi) is 5.22. The van der Waals surface area contributed by atoms with Crippen molar-refractivity contribution in [2.24, 2.45) is 11.5 Å². The zero-order chi connectivity index (χ0) is 23.6. The zero-order valence-corrected chi connectivity index (χ0v) is 16.7. The molecule has 12 N–H and O–H groups in total. The molecule has 19 nitrogen and oxygen atoms in total.